The zero-order chi connectivity index (χ0) is 20.5. The van der Waals surface area contributed by atoms with E-state index in [0.29, 0.717) is 22.7 Å². The third-order valence-corrected chi connectivity index (χ3v) is 4.81. The van der Waals surface area contributed by atoms with E-state index < -0.39 is 0 Å². The standard InChI is InChI=1S/C20H20ClN7O/c1-13-11-27(12-23-13)17-9-8-14(10-18(17)29-3)28(16-7-5-4-6-15(16)21)20-24-19(22)26(2)25-20/h4-12H,1-3H3,(H2,22,24,25). The van der Waals surface area contributed by atoms with Crippen molar-refractivity contribution in [2.75, 3.05) is 17.7 Å². The van der Waals surface area contributed by atoms with E-state index in [1.807, 2.05) is 65.1 Å². The summed E-state index contributed by atoms with van der Waals surface area (Å²) in [5.41, 5.74) is 9.22. The summed E-state index contributed by atoms with van der Waals surface area (Å²) in [7, 11) is 3.37. The van der Waals surface area contributed by atoms with Crippen LogP contribution in [0.15, 0.2) is 55.0 Å². The second-order valence-corrected chi connectivity index (χ2v) is 6.87. The van der Waals surface area contributed by atoms with Gasteiger partial charge in [-0.3, -0.25) is 4.90 Å². The molecule has 9 heteroatoms. The Morgan fingerprint density at radius 1 is 1.17 bits per heavy atom. The quantitative estimate of drug-likeness (QED) is 0.535. The summed E-state index contributed by atoms with van der Waals surface area (Å²) in [6.07, 6.45) is 3.68. The van der Waals surface area contributed by atoms with E-state index in [0.717, 1.165) is 22.8 Å². The number of benzene rings is 2. The highest BCUT2D eigenvalue weighted by atomic mass is 35.5. The van der Waals surface area contributed by atoms with Crippen LogP contribution in [0.3, 0.4) is 0 Å². The van der Waals surface area contributed by atoms with Gasteiger partial charge >= 0.3 is 0 Å². The van der Waals surface area contributed by atoms with Crippen LogP contribution in [0.4, 0.5) is 23.3 Å². The molecule has 0 unspecified atom stereocenters. The number of aryl methyl sites for hydroxylation is 2. The fourth-order valence-corrected chi connectivity index (χ4v) is 3.26. The Morgan fingerprint density at radius 3 is 2.59 bits per heavy atom. The van der Waals surface area contributed by atoms with Gasteiger partial charge < -0.3 is 15.0 Å². The van der Waals surface area contributed by atoms with Crippen molar-refractivity contribution in [1.29, 1.82) is 0 Å². The number of nitrogen functional groups attached to an aromatic ring is 1. The van der Waals surface area contributed by atoms with E-state index in [4.69, 9.17) is 22.1 Å². The van der Waals surface area contributed by atoms with Crippen molar-refractivity contribution in [1.82, 2.24) is 24.3 Å². The van der Waals surface area contributed by atoms with Gasteiger partial charge in [-0.05, 0) is 31.2 Å². The molecule has 0 aliphatic carbocycles. The maximum atomic E-state index is 6.49. The molecular formula is C20H20ClN7O. The van der Waals surface area contributed by atoms with Gasteiger partial charge in [0.1, 0.15) is 5.75 Å². The molecule has 0 radical (unpaired) electrons. The Labute approximate surface area is 173 Å². The first-order chi connectivity index (χ1) is 14.0. The Balaban J connectivity index is 1.88. The lowest BCUT2D eigenvalue weighted by molar-refractivity contribution is 0.413. The lowest BCUT2D eigenvalue weighted by atomic mass is 10.2. The highest BCUT2D eigenvalue weighted by molar-refractivity contribution is 6.33. The zero-order valence-electron chi connectivity index (χ0n) is 16.2. The molecule has 0 atom stereocenters. The van der Waals surface area contributed by atoms with Gasteiger partial charge in [-0.1, -0.05) is 23.7 Å². The van der Waals surface area contributed by atoms with E-state index in [1.54, 1.807) is 20.5 Å². The van der Waals surface area contributed by atoms with E-state index in [2.05, 4.69) is 15.1 Å². The zero-order valence-corrected chi connectivity index (χ0v) is 17.0. The number of para-hydroxylation sites is 1. The summed E-state index contributed by atoms with van der Waals surface area (Å²) in [5.74, 6) is 1.38. The molecule has 8 nitrogen and oxygen atoms in total. The van der Waals surface area contributed by atoms with Crippen LogP contribution in [0.2, 0.25) is 5.02 Å². The molecule has 0 spiro atoms. The minimum atomic E-state index is 0.300. The number of hydrogen-bond donors (Lipinski definition) is 1. The molecule has 2 N–H and O–H groups in total. The van der Waals surface area contributed by atoms with Gasteiger partial charge in [0.25, 0.3) is 5.95 Å². The molecule has 4 rings (SSSR count). The number of ether oxygens (including phenoxy) is 1. The number of imidazole rings is 1. The van der Waals surface area contributed by atoms with Gasteiger partial charge in [-0.2, -0.15) is 4.98 Å². The number of methoxy groups -OCH3 is 1. The Kier molecular flexibility index (Phi) is 4.85. The number of nitrogens with two attached hydrogens (primary N) is 1. The first-order valence-corrected chi connectivity index (χ1v) is 9.26. The summed E-state index contributed by atoms with van der Waals surface area (Å²) in [6.45, 7) is 1.94. The molecule has 0 bridgehead atoms. The monoisotopic (exact) mass is 409 g/mol. The Bertz CT molecular complexity index is 1150. The predicted molar refractivity (Wildman–Crippen MR) is 114 cm³/mol. The summed E-state index contributed by atoms with van der Waals surface area (Å²) < 4.78 is 9.08. The van der Waals surface area contributed by atoms with Crippen LogP contribution in [0.5, 0.6) is 5.75 Å². The minimum Gasteiger partial charge on any atom is -0.494 e. The largest absolute Gasteiger partial charge is 0.494 e. The van der Waals surface area contributed by atoms with Crippen LogP contribution in [0.25, 0.3) is 5.69 Å². The van der Waals surface area contributed by atoms with E-state index in [9.17, 15) is 0 Å². The number of hydrogen-bond acceptors (Lipinski definition) is 6. The van der Waals surface area contributed by atoms with Crippen molar-refractivity contribution < 1.29 is 4.74 Å². The second kappa shape index (κ2) is 7.48. The molecule has 0 amide bonds. The number of anilines is 4. The molecule has 0 aliphatic rings. The van der Waals surface area contributed by atoms with Crippen molar-refractivity contribution >= 4 is 34.9 Å². The van der Waals surface area contributed by atoms with Gasteiger partial charge in [0.05, 0.1) is 41.2 Å². The number of aromatic nitrogens is 5. The molecule has 0 saturated carbocycles. The van der Waals surface area contributed by atoms with Gasteiger partial charge in [-0.15, -0.1) is 5.10 Å². The maximum Gasteiger partial charge on any atom is 0.255 e. The predicted octanol–water partition coefficient (Wildman–Crippen LogP) is 4.02. The highest BCUT2D eigenvalue weighted by Crippen LogP contribution is 2.39. The lowest BCUT2D eigenvalue weighted by Crippen LogP contribution is -2.13. The van der Waals surface area contributed by atoms with E-state index in [-0.39, 0.29) is 0 Å². The van der Waals surface area contributed by atoms with Crippen LogP contribution >= 0.6 is 11.6 Å². The van der Waals surface area contributed by atoms with Crippen molar-refractivity contribution in [2.45, 2.75) is 6.92 Å². The summed E-state index contributed by atoms with van der Waals surface area (Å²) >= 11 is 6.49. The molecule has 4 aromatic rings. The van der Waals surface area contributed by atoms with E-state index >= 15 is 0 Å². The Morgan fingerprint density at radius 2 is 1.97 bits per heavy atom. The molecule has 0 fully saturated rings. The maximum absolute atomic E-state index is 6.49. The fourth-order valence-electron chi connectivity index (χ4n) is 3.04. The van der Waals surface area contributed by atoms with Crippen molar-refractivity contribution in [3.05, 3.63) is 65.7 Å². The minimum absolute atomic E-state index is 0.300. The second-order valence-electron chi connectivity index (χ2n) is 6.46. The third-order valence-electron chi connectivity index (χ3n) is 4.49. The van der Waals surface area contributed by atoms with Crippen LogP contribution in [-0.2, 0) is 7.05 Å². The summed E-state index contributed by atoms with van der Waals surface area (Å²) in [4.78, 5) is 10.5. The average molecular weight is 410 g/mol. The average Bonchev–Trinajstić information content (AvgIpc) is 3.28. The number of rotatable bonds is 5. The lowest BCUT2D eigenvalue weighted by Gasteiger charge is -2.23. The van der Waals surface area contributed by atoms with Gasteiger partial charge in [0.15, 0.2) is 0 Å². The van der Waals surface area contributed by atoms with E-state index in [1.165, 1.54) is 4.68 Å². The molecule has 29 heavy (non-hydrogen) atoms. The normalized spacial score (nSPS) is 10.9. The van der Waals surface area contributed by atoms with Gasteiger partial charge in [-0.25, -0.2) is 9.67 Å². The van der Waals surface area contributed by atoms with Crippen molar-refractivity contribution in [3.63, 3.8) is 0 Å². The molecule has 2 aromatic heterocycles. The Hall–Kier alpha value is -3.52. The highest BCUT2D eigenvalue weighted by Gasteiger charge is 2.21. The molecule has 2 aromatic carbocycles. The fraction of sp³-hybridized carbons (Fsp3) is 0.150. The van der Waals surface area contributed by atoms with Crippen LogP contribution in [0, 0.1) is 6.92 Å². The van der Waals surface area contributed by atoms with Gasteiger partial charge in [0.2, 0.25) is 5.95 Å². The first kappa shape index (κ1) is 18.8. The van der Waals surface area contributed by atoms with Crippen LogP contribution in [0.1, 0.15) is 5.69 Å². The molecule has 0 saturated heterocycles. The number of halogens is 1. The molecular weight excluding hydrogens is 390 g/mol. The first-order valence-electron chi connectivity index (χ1n) is 8.88. The third kappa shape index (κ3) is 3.50. The topological polar surface area (TPSA) is 87.0 Å². The SMILES string of the molecule is COc1cc(N(c2nc(N)n(C)n2)c2ccccc2Cl)ccc1-n1cnc(C)c1. The molecule has 0 aliphatic heterocycles. The number of nitrogens with zero attached hydrogens (tertiary/aromatic N) is 6. The van der Waals surface area contributed by atoms with Crippen molar-refractivity contribution in [3.8, 4) is 11.4 Å². The molecule has 148 valence electrons. The molecule has 2 heterocycles. The van der Waals surface area contributed by atoms with Gasteiger partial charge in [0, 0.05) is 19.3 Å². The van der Waals surface area contributed by atoms with Crippen LogP contribution < -0.4 is 15.4 Å². The summed E-state index contributed by atoms with van der Waals surface area (Å²) in [6, 6.07) is 13.3. The summed E-state index contributed by atoms with van der Waals surface area (Å²) in [5, 5.41) is 5.00. The van der Waals surface area contributed by atoms with Crippen molar-refractivity contribution in [2.24, 2.45) is 7.05 Å². The smallest absolute Gasteiger partial charge is 0.255 e. The van der Waals surface area contributed by atoms with Crippen LogP contribution in [-0.4, -0.2) is 31.4 Å².